The lowest BCUT2D eigenvalue weighted by atomic mass is 10.1. The molecule has 0 atom stereocenters. The molecule has 0 radical (unpaired) electrons. The second kappa shape index (κ2) is 8.45. The van der Waals surface area contributed by atoms with Crippen LogP contribution in [0.3, 0.4) is 0 Å². The summed E-state index contributed by atoms with van der Waals surface area (Å²) < 4.78 is 13.0. The molecule has 1 aliphatic heterocycles. The van der Waals surface area contributed by atoms with Crippen LogP contribution in [0.25, 0.3) is 0 Å². The van der Waals surface area contributed by atoms with Crippen molar-refractivity contribution in [3.05, 3.63) is 12.3 Å². The highest BCUT2D eigenvalue weighted by Gasteiger charge is 2.35. The largest absolute Gasteiger partial charge is 0.458 e. The van der Waals surface area contributed by atoms with Gasteiger partial charge in [-0.1, -0.05) is 0 Å². The Kier molecular flexibility index (Phi) is 6.79. The van der Waals surface area contributed by atoms with E-state index in [2.05, 4.69) is 10.4 Å². The number of rotatable bonds is 7. The van der Waals surface area contributed by atoms with Crippen molar-refractivity contribution in [3.63, 3.8) is 0 Å². The lowest BCUT2D eigenvalue weighted by Gasteiger charge is -2.28. The van der Waals surface area contributed by atoms with Gasteiger partial charge in [0.2, 0.25) is 0 Å². The van der Waals surface area contributed by atoms with Crippen molar-refractivity contribution in [3.8, 4) is 0 Å². The fourth-order valence-corrected chi connectivity index (χ4v) is 3.54. The minimum atomic E-state index is -0.858. The molecule has 2 heterocycles. The van der Waals surface area contributed by atoms with Gasteiger partial charge in [0.25, 0.3) is 0 Å². The first kappa shape index (κ1) is 20.1. The minimum Gasteiger partial charge on any atom is -0.458 e. The number of hydrogen-bond acceptors (Lipinski definition) is 6. The average Bonchev–Trinajstić information content (AvgIpc) is 3.00. The molecule has 1 aliphatic rings. The highest BCUT2D eigenvalue weighted by atomic mass is 32.2. The third kappa shape index (κ3) is 6.22. The third-order valence-corrected chi connectivity index (χ3v) is 5.04. The van der Waals surface area contributed by atoms with E-state index in [-0.39, 0.29) is 5.97 Å². The van der Waals surface area contributed by atoms with Crippen LogP contribution in [0.4, 0.5) is 5.82 Å². The zero-order valence-electron chi connectivity index (χ0n) is 16.0. The fraction of sp³-hybridized carbons (Fsp3) is 0.778. The molecular weight excluding hydrogens is 338 g/mol. The summed E-state index contributed by atoms with van der Waals surface area (Å²) in [6, 6.07) is 1.86. The number of anilines is 1. The van der Waals surface area contributed by atoms with Gasteiger partial charge < -0.3 is 14.8 Å². The first-order chi connectivity index (χ1) is 11.7. The van der Waals surface area contributed by atoms with Crippen LogP contribution >= 0.6 is 11.8 Å². The summed E-state index contributed by atoms with van der Waals surface area (Å²) in [7, 11) is 0. The topological polar surface area (TPSA) is 65.4 Å². The monoisotopic (exact) mass is 369 g/mol. The van der Waals surface area contributed by atoms with Crippen LogP contribution in [0.15, 0.2) is 12.3 Å². The maximum Gasteiger partial charge on any atom is 0.334 e. The molecule has 0 aromatic carbocycles. The molecule has 0 amide bonds. The quantitative estimate of drug-likeness (QED) is 0.588. The normalized spacial score (nSPS) is 16.7. The average molecular weight is 370 g/mol. The summed E-state index contributed by atoms with van der Waals surface area (Å²) in [6.45, 7) is 10.6. The van der Waals surface area contributed by atoms with Gasteiger partial charge >= 0.3 is 5.97 Å². The van der Waals surface area contributed by atoms with E-state index in [1.807, 2.05) is 52.4 Å². The molecule has 1 saturated heterocycles. The summed E-state index contributed by atoms with van der Waals surface area (Å²) in [5.74, 6) is 2.83. The molecule has 1 fully saturated rings. The minimum absolute atomic E-state index is 0.298. The van der Waals surface area contributed by atoms with Crippen molar-refractivity contribution in [2.45, 2.75) is 64.7 Å². The summed E-state index contributed by atoms with van der Waals surface area (Å²) in [5.41, 5.74) is -1.37. The number of nitrogens with zero attached hydrogens (tertiary/aromatic N) is 2. The molecule has 1 N–H and O–H groups in total. The molecule has 6 nitrogen and oxygen atoms in total. The Bertz CT molecular complexity index is 560. The number of carbonyl (C=O) groups excluding carboxylic acids is 1. The predicted octanol–water partition coefficient (Wildman–Crippen LogP) is 3.28. The van der Waals surface area contributed by atoms with Crippen molar-refractivity contribution in [1.82, 2.24) is 9.78 Å². The molecule has 0 bridgehead atoms. The van der Waals surface area contributed by atoms with E-state index in [0.717, 1.165) is 18.7 Å². The van der Waals surface area contributed by atoms with Gasteiger partial charge in [0.15, 0.2) is 5.54 Å². The van der Waals surface area contributed by atoms with Crippen LogP contribution in [-0.4, -0.2) is 52.1 Å². The van der Waals surface area contributed by atoms with E-state index >= 15 is 0 Å². The van der Waals surface area contributed by atoms with Crippen LogP contribution < -0.4 is 5.32 Å². The summed E-state index contributed by atoms with van der Waals surface area (Å²) >= 11 is 2.00. The van der Waals surface area contributed by atoms with Gasteiger partial charge in [-0.2, -0.15) is 16.9 Å². The maximum absolute atomic E-state index is 12.4. The Balaban J connectivity index is 1.81. The molecule has 1 aromatic rings. The van der Waals surface area contributed by atoms with Gasteiger partial charge in [-0.05, 0) is 59.0 Å². The van der Waals surface area contributed by atoms with Gasteiger partial charge in [-0.15, -0.1) is 0 Å². The molecule has 0 saturated carbocycles. The van der Waals surface area contributed by atoms with Crippen molar-refractivity contribution < 1.29 is 14.3 Å². The van der Waals surface area contributed by atoms with Gasteiger partial charge in [-0.25, -0.2) is 4.79 Å². The summed E-state index contributed by atoms with van der Waals surface area (Å²) in [4.78, 5) is 12.4. The number of esters is 1. The molecule has 25 heavy (non-hydrogen) atoms. The van der Waals surface area contributed by atoms with E-state index < -0.39 is 11.1 Å². The van der Waals surface area contributed by atoms with Crippen LogP contribution in [0, 0.1) is 0 Å². The smallest absolute Gasteiger partial charge is 0.334 e. The van der Waals surface area contributed by atoms with Crippen molar-refractivity contribution in [2.75, 3.05) is 30.0 Å². The molecule has 0 unspecified atom stereocenters. The zero-order valence-corrected chi connectivity index (χ0v) is 16.8. The van der Waals surface area contributed by atoms with Crippen LogP contribution in [0.2, 0.25) is 0 Å². The van der Waals surface area contributed by atoms with E-state index in [4.69, 9.17) is 9.47 Å². The number of thioether (sulfide) groups is 1. The Hall–Kier alpha value is -1.21. The van der Waals surface area contributed by atoms with Crippen LogP contribution in [0.5, 0.6) is 0 Å². The standard InChI is InChI=1S/C18H31N3O3S/c1-17(2,3)24-16(22)18(4,5)21-10-6-15(20-21)19-9-11-23-14-7-12-25-13-8-14/h6,10,14H,7-9,11-13H2,1-5H3,(H,19,20). The zero-order chi connectivity index (χ0) is 18.5. The number of carbonyl (C=O) groups is 1. The van der Waals surface area contributed by atoms with E-state index in [0.29, 0.717) is 19.3 Å². The molecule has 142 valence electrons. The first-order valence-electron chi connectivity index (χ1n) is 8.91. The van der Waals surface area contributed by atoms with Crippen molar-refractivity contribution >= 4 is 23.5 Å². The first-order valence-corrected chi connectivity index (χ1v) is 10.1. The molecule has 2 rings (SSSR count). The van der Waals surface area contributed by atoms with E-state index in [1.54, 1.807) is 10.9 Å². The lowest BCUT2D eigenvalue weighted by Crippen LogP contribution is -2.41. The molecular formula is C18H31N3O3S. The Labute approximate surface area is 155 Å². The summed E-state index contributed by atoms with van der Waals surface area (Å²) in [5, 5.41) is 7.71. The molecule has 0 aliphatic carbocycles. The predicted molar refractivity (Wildman–Crippen MR) is 102 cm³/mol. The number of nitrogens with one attached hydrogen (secondary N) is 1. The Morgan fingerprint density at radius 3 is 2.64 bits per heavy atom. The van der Waals surface area contributed by atoms with Crippen LogP contribution in [0.1, 0.15) is 47.5 Å². The lowest BCUT2D eigenvalue weighted by molar-refractivity contribution is -0.164. The van der Waals surface area contributed by atoms with Gasteiger partial charge in [0.05, 0.1) is 12.7 Å². The fourth-order valence-electron chi connectivity index (χ4n) is 2.47. The summed E-state index contributed by atoms with van der Waals surface area (Å²) in [6.07, 6.45) is 4.48. The second-order valence-electron chi connectivity index (χ2n) is 7.82. The van der Waals surface area contributed by atoms with Crippen molar-refractivity contribution in [1.29, 1.82) is 0 Å². The van der Waals surface area contributed by atoms with E-state index in [9.17, 15) is 4.79 Å². The van der Waals surface area contributed by atoms with Gasteiger partial charge in [0, 0.05) is 18.8 Å². The molecule has 1 aromatic heterocycles. The number of ether oxygens (including phenoxy) is 2. The van der Waals surface area contributed by atoms with Crippen LogP contribution in [-0.2, 0) is 19.8 Å². The SMILES string of the molecule is CC(C)(C)OC(=O)C(C)(C)n1ccc(NCCOC2CCSCC2)n1. The second-order valence-corrected chi connectivity index (χ2v) is 9.04. The third-order valence-electron chi connectivity index (χ3n) is 3.99. The Morgan fingerprint density at radius 1 is 1.32 bits per heavy atom. The number of hydrogen-bond donors (Lipinski definition) is 1. The van der Waals surface area contributed by atoms with E-state index in [1.165, 1.54) is 11.5 Å². The molecule has 0 spiro atoms. The van der Waals surface area contributed by atoms with Gasteiger partial charge in [-0.3, -0.25) is 4.68 Å². The number of aromatic nitrogens is 2. The van der Waals surface area contributed by atoms with Gasteiger partial charge in [0.1, 0.15) is 11.4 Å². The highest BCUT2D eigenvalue weighted by Crippen LogP contribution is 2.22. The maximum atomic E-state index is 12.4. The highest BCUT2D eigenvalue weighted by molar-refractivity contribution is 7.99. The molecule has 7 heteroatoms. The Morgan fingerprint density at radius 2 is 2.00 bits per heavy atom. The van der Waals surface area contributed by atoms with Crippen molar-refractivity contribution in [2.24, 2.45) is 0 Å².